The molecule has 0 bridgehead atoms. The van der Waals surface area contributed by atoms with E-state index in [2.05, 4.69) is 4.98 Å². The Kier molecular flexibility index (Phi) is 5.34. The van der Waals surface area contributed by atoms with Crippen molar-refractivity contribution < 1.29 is 19.0 Å². The number of hydrogen-bond donors (Lipinski definition) is 1. The molecule has 7 nitrogen and oxygen atoms in total. The van der Waals surface area contributed by atoms with E-state index in [-0.39, 0.29) is 18.0 Å². The van der Waals surface area contributed by atoms with Crippen LogP contribution in [0.2, 0.25) is 0 Å². The van der Waals surface area contributed by atoms with Crippen molar-refractivity contribution >= 4 is 16.8 Å². The molecule has 7 heteroatoms. The standard InChI is InChI=1S/C24H24N2O5/c27-23-18(11-17-12-21-22(13-19(17)25-23)31-10-9-30-21)15-26(14-16-5-2-1-3-6-16)24(28)20-7-4-8-29-20/h1-3,5-6,11-13,20H,4,7-10,14-15H2,(H,25,27)/t20-/m0/s1. The number of rotatable bonds is 5. The van der Waals surface area contributed by atoms with Gasteiger partial charge in [0, 0.05) is 30.2 Å². The maximum atomic E-state index is 13.2. The van der Waals surface area contributed by atoms with Gasteiger partial charge < -0.3 is 24.1 Å². The van der Waals surface area contributed by atoms with Gasteiger partial charge in [0.05, 0.1) is 12.1 Å². The summed E-state index contributed by atoms with van der Waals surface area (Å²) in [4.78, 5) is 30.6. The molecule has 1 amide bonds. The third-order valence-corrected chi connectivity index (χ3v) is 5.68. The molecular weight excluding hydrogens is 396 g/mol. The summed E-state index contributed by atoms with van der Waals surface area (Å²) in [5.74, 6) is 1.21. The second-order valence-corrected chi connectivity index (χ2v) is 7.89. The Balaban J connectivity index is 1.47. The molecule has 1 N–H and O–H groups in total. The molecule has 0 radical (unpaired) electrons. The second-order valence-electron chi connectivity index (χ2n) is 7.89. The fourth-order valence-corrected chi connectivity index (χ4v) is 4.10. The van der Waals surface area contributed by atoms with Gasteiger partial charge >= 0.3 is 0 Å². The highest BCUT2D eigenvalue weighted by atomic mass is 16.6. The van der Waals surface area contributed by atoms with Crippen molar-refractivity contribution in [1.82, 2.24) is 9.88 Å². The Labute approximate surface area is 179 Å². The van der Waals surface area contributed by atoms with Crippen molar-refractivity contribution in [2.24, 2.45) is 0 Å². The molecule has 2 aliphatic heterocycles. The van der Waals surface area contributed by atoms with Crippen molar-refractivity contribution in [3.8, 4) is 11.5 Å². The molecular formula is C24H24N2O5. The summed E-state index contributed by atoms with van der Waals surface area (Å²) < 4.78 is 16.9. The fourth-order valence-electron chi connectivity index (χ4n) is 4.10. The number of amides is 1. The number of hydrogen-bond acceptors (Lipinski definition) is 5. The maximum Gasteiger partial charge on any atom is 0.253 e. The summed E-state index contributed by atoms with van der Waals surface area (Å²) in [5.41, 5.74) is 1.98. The quantitative estimate of drug-likeness (QED) is 0.686. The summed E-state index contributed by atoms with van der Waals surface area (Å²) in [7, 11) is 0. The third-order valence-electron chi connectivity index (χ3n) is 5.68. The van der Waals surface area contributed by atoms with Crippen LogP contribution in [-0.2, 0) is 22.6 Å². The number of nitrogens with one attached hydrogen (secondary N) is 1. The Hall–Kier alpha value is -3.32. The van der Waals surface area contributed by atoms with Crippen molar-refractivity contribution in [1.29, 1.82) is 0 Å². The molecule has 1 fully saturated rings. The predicted octanol–water partition coefficient (Wildman–Crippen LogP) is 3.01. The van der Waals surface area contributed by atoms with Gasteiger partial charge in [0.2, 0.25) is 0 Å². The zero-order valence-corrected chi connectivity index (χ0v) is 17.1. The van der Waals surface area contributed by atoms with Crippen LogP contribution in [0.1, 0.15) is 24.0 Å². The van der Waals surface area contributed by atoms with Crippen molar-refractivity contribution in [2.75, 3.05) is 19.8 Å². The Bertz CT molecular complexity index is 1150. The van der Waals surface area contributed by atoms with Crippen LogP contribution in [0.5, 0.6) is 11.5 Å². The van der Waals surface area contributed by atoms with Gasteiger partial charge in [-0.1, -0.05) is 30.3 Å². The van der Waals surface area contributed by atoms with E-state index >= 15 is 0 Å². The maximum absolute atomic E-state index is 13.2. The zero-order chi connectivity index (χ0) is 21.2. The number of H-pyrrole nitrogens is 1. The van der Waals surface area contributed by atoms with Gasteiger partial charge in [0.1, 0.15) is 19.3 Å². The molecule has 1 atom stereocenters. The first-order valence-corrected chi connectivity index (χ1v) is 10.6. The average Bonchev–Trinajstić information content (AvgIpc) is 3.33. The zero-order valence-electron chi connectivity index (χ0n) is 17.1. The normalized spacial score (nSPS) is 17.6. The number of carbonyl (C=O) groups excluding carboxylic acids is 1. The minimum absolute atomic E-state index is 0.0805. The monoisotopic (exact) mass is 420 g/mol. The first kappa shape index (κ1) is 19.6. The van der Waals surface area contributed by atoms with E-state index < -0.39 is 6.10 Å². The first-order valence-electron chi connectivity index (χ1n) is 10.6. The van der Waals surface area contributed by atoms with Crippen LogP contribution < -0.4 is 15.0 Å². The van der Waals surface area contributed by atoms with Crippen LogP contribution in [-0.4, -0.2) is 41.7 Å². The van der Waals surface area contributed by atoms with Crippen LogP contribution in [0, 0.1) is 0 Å². The molecule has 2 aromatic carbocycles. The fraction of sp³-hybridized carbons (Fsp3) is 0.333. The lowest BCUT2D eigenvalue weighted by Crippen LogP contribution is -2.39. The van der Waals surface area contributed by atoms with E-state index in [0.29, 0.717) is 55.4 Å². The second kappa shape index (κ2) is 8.43. The minimum Gasteiger partial charge on any atom is -0.486 e. The number of ether oxygens (including phenoxy) is 3. The average molecular weight is 420 g/mol. The largest absolute Gasteiger partial charge is 0.486 e. The van der Waals surface area contributed by atoms with Gasteiger partial charge in [0.15, 0.2) is 11.5 Å². The van der Waals surface area contributed by atoms with E-state index in [4.69, 9.17) is 14.2 Å². The highest BCUT2D eigenvalue weighted by Crippen LogP contribution is 2.33. The number of nitrogens with zero attached hydrogens (tertiary/aromatic N) is 1. The topological polar surface area (TPSA) is 80.9 Å². The van der Waals surface area contributed by atoms with Crippen LogP contribution in [0.25, 0.3) is 10.9 Å². The van der Waals surface area contributed by atoms with Gasteiger partial charge in [0.25, 0.3) is 11.5 Å². The van der Waals surface area contributed by atoms with Gasteiger partial charge in [-0.15, -0.1) is 0 Å². The summed E-state index contributed by atoms with van der Waals surface area (Å²) in [6.45, 7) is 2.20. The summed E-state index contributed by atoms with van der Waals surface area (Å²) in [5, 5.41) is 0.836. The number of aromatic amines is 1. The molecule has 3 aromatic rings. The number of benzene rings is 2. The predicted molar refractivity (Wildman–Crippen MR) is 115 cm³/mol. The summed E-state index contributed by atoms with van der Waals surface area (Å²) >= 11 is 0. The van der Waals surface area contributed by atoms with E-state index in [9.17, 15) is 9.59 Å². The lowest BCUT2D eigenvalue weighted by molar-refractivity contribution is -0.142. The van der Waals surface area contributed by atoms with E-state index in [1.54, 1.807) is 11.0 Å². The molecule has 2 aliphatic rings. The molecule has 1 aromatic heterocycles. The summed E-state index contributed by atoms with van der Waals surface area (Å²) in [6, 6.07) is 15.3. The summed E-state index contributed by atoms with van der Waals surface area (Å²) in [6.07, 6.45) is 1.14. The number of carbonyl (C=O) groups is 1. The van der Waals surface area contributed by atoms with Crippen molar-refractivity contribution in [2.45, 2.75) is 32.0 Å². The van der Waals surface area contributed by atoms with Crippen molar-refractivity contribution in [3.63, 3.8) is 0 Å². The molecule has 160 valence electrons. The lowest BCUT2D eigenvalue weighted by atomic mass is 10.1. The molecule has 31 heavy (non-hydrogen) atoms. The Morgan fingerprint density at radius 3 is 2.52 bits per heavy atom. The van der Waals surface area contributed by atoms with E-state index in [1.807, 2.05) is 42.5 Å². The Morgan fingerprint density at radius 2 is 1.77 bits per heavy atom. The van der Waals surface area contributed by atoms with Gasteiger partial charge in [-0.05, 0) is 30.5 Å². The number of pyridine rings is 1. The van der Waals surface area contributed by atoms with Crippen LogP contribution >= 0.6 is 0 Å². The molecule has 0 unspecified atom stereocenters. The van der Waals surface area contributed by atoms with Crippen LogP contribution in [0.15, 0.2) is 53.3 Å². The highest BCUT2D eigenvalue weighted by Gasteiger charge is 2.29. The van der Waals surface area contributed by atoms with Gasteiger partial charge in [-0.2, -0.15) is 0 Å². The van der Waals surface area contributed by atoms with Crippen LogP contribution in [0.3, 0.4) is 0 Å². The molecule has 0 saturated carbocycles. The first-order chi connectivity index (χ1) is 15.2. The van der Waals surface area contributed by atoms with Gasteiger partial charge in [-0.25, -0.2) is 0 Å². The van der Waals surface area contributed by atoms with E-state index in [1.165, 1.54) is 0 Å². The Morgan fingerprint density at radius 1 is 1.00 bits per heavy atom. The number of aromatic nitrogens is 1. The SMILES string of the molecule is O=C([C@@H]1CCCO1)N(Cc1ccccc1)Cc1cc2cc3c(cc2[nH]c1=O)OCCO3. The molecule has 0 aliphatic carbocycles. The number of fused-ring (bicyclic) bond motifs is 2. The van der Waals surface area contributed by atoms with Crippen LogP contribution in [0.4, 0.5) is 0 Å². The lowest BCUT2D eigenvalue weighted by Gasteiger charge is -2.25. The van der Waals surface area contributed by atoms with E-state index in [0.717, 1.165) is 17.4 Å². The highest BCUT2D eigenvalue weighted by molar-refractivity contribution is 5.84. The third kappa shape index (κ3) is 4.14. The van der Waals surface area contributed by atoms with Crippen molar-refractivity contribution in [3.05, 3.63) is 70.0 Å². The minimum atomic E-state index is -0.444. The molecule has 1 saturated heterocycles. The molecule has 3 heterocycles. The smallest absolute Gasteiger partial charge is 0.253 e. The van der Waals surface area contributed by atoms with Gasteiger partial charge in [-0.3, -0.25) is 9.59 Å². The molecule has 0 spiro atoms. The molecule has 5 rings (SSSR count).